The highest BCUT2D eigenvalue weighted by molar-refractivity contribution is 7.10. The number of nitrogens with one attached hydrogen (secondary N) is 1. The topological polar surface area (TPSA) is 55.1 Å². The number of carbonyl (C=O) groups excluding carboxylic acids is 1. The first-order chi connectivity index (χ1) is 7.66. The fourth-order valence-corrected chi connectivity index (χ4v) is 2.59. The molecule has 2 unspecified atom stereocenters. The van der Waals surface area contributed by atoms with Crippen molar-refractivity contribution in [3.8, 4) is 0 Å². The van der Waals surface area contributed by atoms with E-state index in [1.54, 1.807) is 11.3 Å². The Morgan fingerprint density at radius 1 is 1.62 bits per heavy atom. The monoisotopic (exact) mass is 236 g/mol. The molecule has 0 radical (unpaired) electrons. The van der Waals surface area contributed by atoms with Gasteiger partial charge in [0.2, 0.25) is 5.91 Å². The number of carbonyl (C=O) groups is 1. The Kier molecular flexibility index (Phi) is 3.41. The molecule has 3 atom stereocenters. The van der Waals surface area contributed by atoms with E-state index in [4.69, 9.17) is 5.73 Å². The van der Waals surface area contributed by atoms with Crippen molar-refractivity contribution in [1.82, 2.24) is 5.32 Å². The molecule has 1 amide bonds. The first kappa shape index (κ1) is 11.4. The van der Waals surface area contributed by atoms with Gasteiger partial charge in [0, 0.05) is 10.9 Å². The summed E-state index contributed by atoms with van der Waals surface area (Å²) in [6.45, 7) is 2.00. The van der Waals surface area contributed by atoms with Gasteiger partial charge in [0.15, 0.2) is 0 Å². The lowest BCUT2D eigenvalue weighted by Gasteiger charge is -2.15. The summed E-state index contributed by atoms with van der Waals surface area (Å²) in [5.41, 5.74) is 5.72. The molecule has 0 fully saturated rings. The Morgan fingerprint density at radius 3 is 3.00 bits per heavy atom. The SMILES string of the molecule is C[C@H](NC(=O)C1C=CC(N)C1)c1cccs1. The second-order valence-corrected chi connectivity index (χ2v) is 5.12. The van der Waals surface area contributed by atoms with Crippen molar-refractivity contribution in [1.29, 1.82) is 0 Å². The van der Waals surface area contributed by atoms with Gasteiger partial charge in [-0.2, -0.15) is 0 Å². The molecule has 86 valence electrons. The second kappa shape index (κ2) is 4.80. The van der Waals surface area contributed by atoms with Crippen LogP contribution in [-0.4, -0.2) is 11.9 Å². The summed E-state index contributed by atoms with van der Waals surface area (Å²) in [5.74, 6) is 0.0162. The second-order valence-electron chi connectivity index (χ2n) is 4.14. The lowest BCUT2D eigenvalue weighted by molar-refractivity contribution is -0.124. The standard InChI is InChI=1S/C12H16N2OS/c1-8(11-3-2-6-16-11)14-12(15)9-4-5-10(13)7-9/h2-6,8-10H,7,13H2,1H3,(H,14,15)/t8-,9?,10?/m0/s1. The molecule has 0 spiro atoms. The molecule has 1 heterocycles. The van der Waals surface area contributed by atoms with Crippen molar-refractivity contribution in [3.63, 3.8) is 0 Å². The van der Waals surface area contributed by atoms with Gasteiger partial charge in [-0.15, -0.1) is 11.3 Å². The summed E-state index contributed by atoms with van der Waals surface area (Å²) in [5, 5.41) is 5.03. The van der Waals surface area contributed by atoms with Gasteiger partial charge in [0.05, 0.1) is 12.0 Å². The molecule has 4 heteroatoms. The zero-order valence-electron chi connectivity index (χ0n) is 9.22. The Morgan fingerprint density at radius 2 is 2.44 bits per heavy atom. The fraction of sp³-hybridized carbons (Fsp3) is 0.417. The van der Waals surface area contributed by atoms with Gasteiger partial charge in [-0.1, -0.05) is 18.2 Å². The summed E-state index contributed by atoms with van der Waals surface area (Å²) in [6, 6.07) is 4.14. The summed E-state index contributed by atoms with van der Waals surface area (Å²) >= 11 is 1.66. The van der Waals surface area contributed by atoms with Gasteiger partial charge in [0.25, 0.3) is 0 Å². The van der Waals surface area contributed by atoms with E-state index >= 15 is 0 Å². The van der Waals surface area contributed by atoms with E-state index in [0.29, 0.717) is 0 Å². The van der Waals surface area contributed by atoms with E-state index in [1.807, 2.05) is 36.6 Å². The minimum Gasteiger partial charge on any atom is -0.348 e. The van der Waals surface area contributed by atoms with E-state index in [9.17, 15) is 4.79 Å². The highest BCUT2D eigenvalue weighted by atomic mass is 32.1. The molecule has 16 heavy (non-hydrogen) atoms. The van der Waals surface area contributed by atoms with Crippen LogP contribution in [-0.2, 0) is 4.79 Å². The quantitative estimate of drug-likeness (QED) is 0.787. The number of rotatable bonds is 3. The average Bonchev–Trinajstić information content (AvgIpc) is 2.87. The third-order valence-corrected chi connectivity index (χ3v) is 3.84. The molecule has 0 aromatic carbocycles. The van der Waals surface area contributed by atoms with E-state index in [2.05, 4.69) is 5.32 Å². The van der Waals surface area contributed by atoms with Gasteiger partial charge in [-0.05, 0) is 24.8 Å². The maximum absolute atomic E-state index is 11.9. The molecule has 3 nitrogen and oxygen atoms in total. The largest absolute Gasteiger partial charge is 0.348 e. The Bertz CT molecular complexity index is 386. The minimum atomic E-state index is -0.0580. The molecule has 3 N–H and O–H groups in total. The third kappa shape index (κ3) is 2.51. The van der Waals surface area contributed by atoms with Crippen LogP contribution in [0.25, 0.3) is 0 Å². The van der Waals surface area contributed by atoms with E-state index < -0.39 is 0 Å². The van der Waals surface area contributed by atoms with Gasteiger partial charge in [-0.3, -0.25) is 4.79 Å². The molecule has 0 aliphatic heterocycles. The van der Waals surface area contributed by atoms with Crippen LogP contribution in [0.5, 0.6) is 0 Å². The van der Waals surface area contributed by atoms with Crippen LogP contribution in [0.3, 0.4) is 0 Å². The maximum Gasteiger partial charge on any atom is 0.227 e. The highest BCUT2D eigenvalue weighted by Gasteiger charge is 2.23. The third-order valence-electron chi connectivity index (χ3n) is 2.78. The number of nitrogens with two attached hydrogens (primary N) is 1. The molecular weight excluding hydrogens is 220 g/mol. The first-order valence-corrected chi connectivity index (χ1v) is 6.32. The van der Waals surface area contributed by atoms with Crippen molar-refractivity contribution in [2.75, 3.05) is 0 Å². The maximum atomic E-state index is 11.9. The zero-order valence-corrected chi connectivity index (χ0v) is 10.0. The zero-order chi connectivity index (χ0) is 11.5. The van der Waals surface area contributed by atoms with Crippen molar-refractivity contribution in [2.24, 2.45) is 11.7 Å². The van der Waals surface area contributed by atoms with Crippen molar-refractivity contribution in [2.45, 2.75) is 25.4 Å². The van der Waals surface area contributed by atoms with Crippen LogP contribution < -0.4 is 11.1 Å². The minimum absolute atomic E-state index is 0.0350. The highest BCUT2D eigenvalue weighted by Crippen LogP contribution is 2.21. The number of hydrogen-bond donors (Lipinski definition) is 2. The molecule has 1 aromatic rings. The van der Waals surface area contributed by atoms with Crippen molar-refractivity contribution in [3.05, 3.63) is 34.5 Å². The van der Waals surface area contributed by atoms with E-state index in [1.165, 1.54) is 4.88 Å². The molecule has 0 saturated heterocycles. The smallest absolute Gasteiger partial charge is 0.227 e. The van der Waals surface area contributed by atoms with Crippen LogP contribution in [0, 0.1) is 5.92 Å². The Balaban J connectivity index is 1.90. The summed E-state index contributed by atoms with van der Waals surface area (Å²) < 4.78 is 0. The Labute approximate surface area is 99.3 Å². The molecule has 0 bridgehead atoms. The van der Waals surface area contributed by atoms with Crippen molar-refractivity contribution >= 4 is 17.2 Å². The lowest BCUT2D eigenvalue weighted by Crippen LogP contribution is -2.32. The predicted octanol–water partition coefficient (Wildman–Crippen LogP) is 1.83. The average molecular weight is 236 g/mol. The van der Waals surface area contributed by atoms with E-state index in [0.717, 1.165) is 6.42 Å². The van der Waals surface area contributed by atoms with Crippen molar-refractivity contribution < 1.29 is 4.79 Å². The van der Waals surface area contributed by atoms with Gasteiger partial charge < -0.3 is 11.1 Å². The molecule has 2 rings (SSSR count). The Hall–Kier alpha value is -1.13. The lowest BCUT2D eigenvalue weighted by atomic mass is 10.1. The number of thiophene rings is 1. The van der Waals surface area contributed by atoms with E-state index in [-0.39, 0.29) is 23.9 Å². The summed E-state index contributed by atoms with van der Waals surface area (Å²) in [7, 11) is 0. The summed E-state index contributed by atoms with van der Waals surface area (Å²) in [4.78, 5) is 13.1. The molecule has 0 saturated carbocycles. The fourth-order valence-electron chi connectivity index (χ4n) is 1.85. The normalized spacial score (nSPS) is 25.6. The first-order valence-electron chi connectivity index (χ1n) is 5.44. The molecule has 1 aromatic heterocycles. The van der Waals surface area contributed by atoms with Gasteiger partial charge >= 0.3 is 0 Å². The molecular formula is C12H16N2OS. The van der Waals surface area contributed by atoms with Crippen LogP contribution in [0.15, 0.2) is 29.7 Å². The van der Waals surface area contributed by atoms with Gasteiger partial charge in [0.1, 0.15) is 0 Å². The van der Waals surface area contributed by atoms with Gasteiger partial charge in [-0.25, -0.2) is 0 Å². The van der Waals surface area contributed by atoms with Crippen LogP contribution >= 0.6 is 11.3 Å². The summed E-state index contributed by atoms with van der Waals surface area (Å²) in [6.07, 6.45) is 4.53. The number of amides is 1. The van der Waals surface area contributed by atoms with Crippen LogP contribution in [0.4, 0.5) is 0 Å². The van der Waals surface area contributed by atoms with Crippen LogP contribution in [0.2, 0.25) is 0 Å². The van der Waals surface area contributed by atoms with Crippen LogP contribution in [0.1, 0.15) is 24.3 Å². The predicted molar refractivity (Wildman–Crippen MR) is 66.1 cm³/mol. The number of hydrogen-bond acceptors (Lipinski definition) is 3. The molecule has 1 aliphatic carbocycles. The molecule has 1 aliphatic rings.